The maximum Gasteiger partial charge on any atom is 0.0346 e. The summed E-state index contributed by atoms with van der Waals surface area (Å²) < 4.78 is 0. The maximum absolute atomic E-state index is 5.88. The van der Waals surface area contributed by atoms with Crippen LogP contribution in [0.3, 0.4) is 0 Å². The van der Waals surface area contributed by atoms with Crippen LogP contribution in [0.1, 0.15) is 44.2 Å². The van der Waals surface area contributed by atoms with E-state index in [1.54, 1.807) is 0 Å². The van der Waals surface area contributed by atoms with Crippen LogP contribution in [0.4, 0.5) is 5.69 Å². The smallest absolute Gasteiger partial charge is 0.0346 e. The summed E-state index contributed by atoms with van der Waals surface area (Å²) in [6.45, 7) is 7.48. The van der Waals surface area contributed by atoms with Gasteiger partial charge in [-0.1, -0.05) is 31.9 Å². The van der Waals surface area contributed by atoms with Crippen molar-refractivity contribution in [1.29, 1.82) is 0 Å². The molecule has 0 aliphatic heterocycles. The van der Waals surface area contributed by atoms with Crippen molar-refractivity contribution in [2.75, 3.05) is 5.73 Å². The summed E-state index contributed by atoms with van der Waals surface area (Å²) in [5, 5.41) is 3.55. The molecule has 0 saturated carbocycles. The Morgan fingerprint density at radius 3 is 2.81 bits per heavy atom. The fourth-order valence-electron chi connectivity index (χ4n) is 1.79. The maximum atomic E-state index is 5.88. The number of unbranched alkanes of at least 4 members (excludes halogenated alkanes) is 1. The molecule has 3 N–H and O–H groups in total. The first-order chi connectivity index (χ1) is 7.65. The van der Waals surface area contributed by atoms with Gasteiger partial charge in [0.2, 0.25) is 0 Å². The molecule has 0 heterocycles. The molecule has 0 amide bonds. The van der Waals surface area contributed by atoms with Gasteiger partial charge in [0.05, 0.1) is 0 Å². The van der Waals surface area contributed by atoms with Gasteiger partial charge in [-0.3, -0.25) is 0 Å². The molecule has 0 radical (unpaired) electrons. The Hall–Kier alpha value is -1.02. The fourth-order valence-corrected chi connectivity index (χ4v) is 1.79. The second-order valence-electron chi connectivity index (χ2n) is 4.56. The predicted molar refractivity (Wildman–Crippen MR) is 71.4 cm³/mol. The van der Waals surface area contributed by atoms with Crippen LogP contribution < -0.4 is 11.1 Å². The van der Waals surface area contributed by atoms with Crippen LogP contribution in [-0.2, 0) is 6.54 Å². The summed E-state index contributed by atoms with van der Waals surface area (Å²) in [4.78, 5) is 0. The average Bonchev–Trinajstić information content (AvgIpc) is 2.28. The van der Waals surface area contributed by atoms with Crippen LogP contribution in [0.2, 0.25) is 0 Å². The Kier molecular flexibility index (Phi) is 5.33. The Bertz CT molecular complexity index is 321. The second-order valence-corrected chi connectivity index (χ2v) is 4.56. The third-order valence-corrected chi connectivity index (χ3v) is 3.12. The zero-order chi connectivity index (χ0) is 12.0. The van der Waals surface area contributed by atoms with Gasteiger partial charge in [0.15, 0.2) is 0 Å². The van der Waals surface area contributed by atoms with Crippen molar-refractivity contribution >= 4 is 5.69 Å². The molecule has 1 aromatic carbocycles. The van der Waals surface area contributed by atoms with Crippen LogP contribution >= 0.6 is 0 Å². The number of hydrogen-bond acceptors (Lipinski definition) is 2. The van der Waals surface area contributed by atoms with Crippen molar-refractivity contribution in [1.82, 2.24) is 5.32 Å². The van der Waals surface area contributed by atoms with Crippen molar-refractivity contribution in [2.45, 2.75) is 52.6 Å². The van der Waals surface area contributed by atoms with E-state index in [0.717, 1.165) is 12.2 Å². The van der Waals surface area contributed by atoms with Crippen LogP contribution in [0.5, 0.6) is 0 Å². The highest BCUT2D eigenvalue weighted by Gasteiger charge is 2.04. The molecular formula is C14H24N2. The van der Waals surface area contributed by atoms with Gasteiger partial charge >= 0.3 is 0 Å². The first-order valence-corrected chi connectivity index (χ1v) is 6.22. The highest BCUT2D eigenvalue weighted by molar-refractivity contribution is 5.49. The number of nitrogen functional groups attached to an aromatic ring is 1. The molecule has 0 saturated heterocycles. The molecular weight excluding hydrogens is 196 g/mol. The summed E-state index contributed by atoms with van der Waals surface area (Å²) in [7, 11) is 0. The van der Waals surface area contributed by atoms with Gasteiger partial charge in [0.25, 0.3) is 0 Å². The number of benzene rings is 1. The van der Waals surface area contributed by atoms with E-state index in [4.69, 9.17) is 5.73 Å². The van der Waals surface area contributed by atoms with Crippen molar-refractivity contribution in [3.8, 4) is 0 Å². The third-order valence-electron chi connectivity index (χ3n) is 3.12. The minimum absolute atomic E-state index is 0.584. The van der Waals surface area contributed by atoms with Gasteiger partial charge in [-0.25, -0.2) is 0 Å². The van der Waals surface area contributed by atoms with Crippen molar-refractivity contribution in [3.63, 3.8) is 0 Å². The molecule has 1 atom stereocenters. The SMILES string of the molecule is CCCCC(C)NCc1cccc(N)c1C. The van der Waals surface area contributed by atoms with Gasteiger partial charge < -0.3 is 11.1 Å². The van der Waals surface area contributed by atoms with E-state index in [-0.39, 0.29) is 0 Å². The normalized spacial score (nSPS) is 12.7. The predicted octanol–water partition coefficient (Wildman–Crippen LogP) is 3.25. The molecule has 16 heavy (non-hydrogen) atoms. The first kappa shape index (κ1) is 13.0. The quantitative estimate of drug-likeness (QED) is 0.722. The molecule has 0 aromatic heterocycles. The van der Waals surface area contributed by atoms with Crippen LogP contribution in [0.25, 0.3) is 0 Å². The van der Waals surface area contributed by atoms with E-state index in [1.807, 2.05) is 12.1 Å². The molecule has 90 valence electrons. The van der Waals surface area contributed by atoms with Gasteiger partial charge in [-0.05, 0) is 37.5 Å². The first-order valence-electron chi connectivity index (χ1n) is 6.22. The van der Waals surface area contributed by atoms with Gasteiger partial charge in [0, 0.05) is 18.3 Å². The summed E-state index contributed by atoms with van der Waals surface area (Å²) >= 11 is 0. The lowest BCUT2D eigenvalue weighted by Gasteiger charge is -2.15. The zero-order valence-corrected chi connectivity index (χ0v) is 10.7. The number of hydrogen-bond donors (Lipinski definition) is 2. The molecule has 0 aliphatic carbocycles. The summed E-state index contributed by atoms with van der Waals surface area (Å²) in [6.07, 6.45) is 3.81. The lowest BCUT2D eigenvalue weighted by molar-refractivity contribution is 0.494. The minimum atomic E-state index is 0.584. The largest absolute Gasteiger partial charge is 0.399 e. The van der Waals surface area contributed by atoms with Crippen LogP contribution in [-0.4, -0.2) is 6.04 Å². The van der Waals surface area contributed by atoms with E-state index in [0.29, 0.717) is 6.04 Å². The Labute approximate surface area is 99.2 Å². The molecule has 2 nitrogen and oxygen atoms in total. The van der Waals surface area contributed by atoms with E-state index in [9.17, 15) is 0 Å². The Morgan fingerprint density at radius 2 is 2.12 bits per heavy atom. The van der Waals surface area contributed by atoms with Crippen molar-refractivity contribution < 1.29 is 0 Å². The van der Waals surface area contributed by atoms with Crippen LogP contribution in [0.15, 0.2) is 18.2 Å². The number of nitrogens with two attached hydrogens (primary N) is 1. The van der Waals surface area contributed by atoms with Gasteiger partial charge in [-0.15, -0.1) is 0 Å². The molecule has 0 spiro atoms. The van der Waals surface area contributed by atoms with Crippen LogP contribution in [0, 0.1) is 6.92 Å². The third kappa shape index (κ3) is 3.86. The standard InChI is InChI=1S/C14H24N2/c1-4-5-7-11(2)16-10-13-8-6-9-14(15)12(13)3/h6,8-9,11,16H,4-5,7,10,15H2,1-3H3. The molecule has 0 fully saturated rings. The zero-order valence-electron chi connectivity index (χ0n) is 10.7. The van der Waals surface area contributed by atoms with E-state index in [2.05, 4.69) is 32.2 Å². The Morgan fingerprint density at radius 1 is 1.38 bits per heavy atom. The summed E-state index contributed by atoms with van der Waals surface area (Å²) in [6, 6.07) is 6.71. The number of anilines is 1. The molecule has 1 aromatic rings. The monoisotopic (exact) mass is 220 g/mol. The van der Waals surface area contributed by atoms with Crippen molar-refractivity contribution in [2.24, 2.45) is 0 Å². The fraction of sp³-hybridized carbons (Fsp3) is 0.571. The van der Waals surface area contributed by atoms with E-state index < -0.39 is 0 Å². The topological polar surface area (TPSA) is 38.0 Å². The van der Waals surface area contributed by atoms with E-state index in [1.165, 1.54) is 30.4 Å². The molecule has 2 heteroatoms. The molecule has 1 rings (SSSR count). The average molecular weight is 220 g/mol. The lowest BCUT2D eigenvalue weighted by Crippen LogP contribution is -2.25. The van der Waals surface area contributed by atoms with Gasteiger partial charge in [-0.2, -0.15) is 0 Å². The lowest BCUT2D eigenvalue weighted by atomic mass is 10.1. The minimum Gasteiger partial charge on any atom is -0.399 e. The van der Waals surface area contributed by atoms with E-state index >= 15 is 0 Å². The molecule has 1 unspecified atom stereocenters. The summed E-state index contributed by atoms with van der Waals surface area (Å²) in [5.74, 6) is 0. The highest BCUT2D eigenvalue weighted by Crippen LogP contribution is 2.15. The molecule has 0 bridgehead atoms. The summed E-state index contributed by atoms with van der Waals surface area (Å²) in [5.41, 5.74) is 9.28. The van der Waals surface area contributed by atoms with Gasteiger partial charge in [0.1, 0.15) is 0 Å². The number of nitrogens with one attached hydrogen (secondary N) is 1. The number of rotatable bonds is 6. The second kappa shape index (κ2) is 6.54. The Balaban J connectivity index is 2.45. The highest BCUT2D eigenvalue weighted by atomic mass is 14.9. The molecule has 0 aliphatic rings. The van der Waals surface area contributed by atoms with Crippen molar-refractivity contribution in [3.05, 3.63) is 29.3 Å².